The van der Waals surface area contributed by atoms with Crippen LogP contribution in [0.4, 0.5) is 0 Å². The van der Waals surface area contributed by atoms with Crippen LogP contribution in [0.3, 0.4) is 0 Å². The van der Waals surface area contributed by atoms with Gasteiger partial charge in [0.2, 0.25) is 0 Å². The Balaban J connectivity index is 2.03. The number of halogens is 1. The second-order valence-corrected chi connectivity index (χ2v) is 5.46. The maximum atomic E-state index is 6.01. The molecule has 0 aromatic heterocycles. The summed E-state index contributed by atoms with van der Waals surface area (Å²) >= 11 is 7.79. The van der Waals surface area contributed by atoms with Crippen LogP contribution in [0.2, 0.25) is 5.02 Å². The monoisotopic (exact) mass is 227 g/mol. The Kier molecular flexibility index (Phi) is 3.37. The molecule has 2 rings (SSSR count). The summed E-state index contributed by atoms with van der Waals surface area (Å²) in [5.74, 6) is 0. The zero-order chi connectivity index (χ0) is 9.97. The Morgan fingerprint density at radius 3 is 2.86 bits per heavy atom. The average Bonchev–Trinajstić information content (AvgIpc) is 2.52. The van der Waals surface area contributed by atoms with Gasteiger partial charge in [-0.25, -0.2) is 0 Å². The van der Waals surface area contributed by atoms with Gasteiger partial charge in [0.05, 0.1) is 0 Å². The van der Waals surface area contributed by atoms with Crippen LogP contribution in [0.5, 0.6) is 0 Å². The molecule has 1 aromatic carbocycles. The Labute approximate surface area is 94.0 Å². The number of hydrogen-bond donors (Lipinski definition) is 1. The molecule has 2 N–H and O–H groups in total. The van der Waals surface area contributed by atoms with Gasteiger partial charge in [-0.05, 0) is 31.0 Å². The second kappa shape index (κ2) is 4.56. The highest BCUT2D eigenvalue weighted by molar-refractivity contribution is 8.00. The Hall–Kier alpha value is -0.180. The van der Waals surface area contributed by atoms with Crippen molar-refractivity contribution in [3.05, 3.63) is 29.3 Å². The van der Waals surface area contributed by atoms with Crippen molar-refractivity contribution in [1.29, 1.82) is 0 Å². The van der Waals surface area contributed by atoms with Gasteiger partial charge < -0.3 is 5.73 Å². The lowest BCUT2D eigenvalue weighted by Gasteiger charge is -2.14. The predicted molar refractivity (Wildman–Crippen MR) is 62.9 cm³/mol. The molecule has 2 atom stereocenters. The molecule has 0 aliphatic heterocycles. The normalized spacial score (nSPS) is 26.7. The maximum absolute atomic E-state index is 6.01. The summed E-state index contributed by atoms with van der Waals surface area (Å²) in [4.78, 5) is 1.24. The fraction of sp³-hybridized carbons (Fsp3) is 0.455. The van der Waals surface area contributed by atoms with E-state index in [0.29, 0.717) is 11.3 Å². The third-order valence-corrected chi connectivity index (χ3v) is 4.24. The van der Waals surface area contributed by atoms with Crippen molar-refractivity contribution in [2.45, 2.75) is 35.4 Å². The van der Waals surface area contributed by atoms with E-state index in [0.717, 1.165) is 11.4 Å². The number of thioether (sulfide) groups is 1. The van der Waals surface area contributed by atoms with Gasteiger partial charge in [-0.15, -0.1) is 11.8 Å². The molecule has 1 fully saturated rings. The summed E-state index contributed by atoms with van der Waals surface area (Å²) in [6, 6.07) is 8.36. The molecule has 0 saturated heterocycles. The molecule has 14 heavy (non-hydrogen) atoms. The van der Waals surface area contributed by atoms with Gasteiger partial charge in [0.1, 0.15) is 0 Å². The Bertz CT molecular complexity index is 316. The van der Waals surface area contributed by atoms with E-state index in [4.69, 9.17) is 17.3 Å². The molecular weight excluding hydrogens is 214 g/mol. The van der Waals surface area contributed by atoms with Crippen molar-refractivity contribution >= 4 is 23.4 Å². The topological polar surface area (TPSA) is 26.0 Å². The number of benzene rings is 1. The van der Waals surface area contributed by atoms with Gasteiger partial charge in [0, 0.05) is 21.2 Å². The minimum absolute atomic E-state index is 0.360. The van der Waals surface area contributed by atoms with Crippen molar-refractivity contribution in [3.8, 4) is 0 Å². The Morgan fingerprint density at radius 1 is 1.36 bits per heavy atom. The SMILES string of the molecule is NC1CCCC1Sc1cccc(Cl)c1. The van der Waals surface area contributed by atoms with Crippen molar-refractivity contribution in [1.82, 2.24) is 0 Å². The van der Waals surface area contributed by atoms with Crippen molar-refractivity contribution in [2.24, 2.45) is 5.73 Å². The fourth-order valence-electron chi connectivity index (χ4n) is 1.82. The minimum atomic E-state index is 0.360. The summed E-state index contributed by atoms with van der Waals surface area (Å²) in [5, 5.41) is 1.38. The van der Waals surface area contributed by atoms with E-state index < -0.39 is 0 Å². The molecule has 1 saturated carbocycles. The minimum Gasteiger partial charge on any atom is -0.327 e. The van der Waals surface area contributed by atoms with E-state index in [2.05, 4.69) is 6.07 Å². The smallest absolute Gasteiger partial charge is 0.0417 e. The standard InChI is InChI=1S/C11H14ClNS/c12-8-3-1-4-9(7-8)14-11-6-2-5-10(11)13/h1,3-4,7,10-11H,2,5-6,13H2. The lowest BCUT2D eigenvalue weighted by Crippen LogP contribution is -2.26. The molecule has 0 amide bonds. The average molecular weight is 228 g/mol. The summed E-state index contributed by atoms with van der Waals surface area (Å²) in [6.45, 7) is 0. The summed E-state index contributed by atoms with van der Waals surface area (Å²) < 4.78 is 0. The fourth-order valence-corrected chi connectivity index (χ4v) is 3.37. The zero-order valence-corrected chi connectivity index (χ0v) is 9.52. The van der Waals surface area contributed by atoms with Crippen molar-refractivity contribution in [3.63, 3.8) is 0 Å². The highest BCUT2D eigenvalue weighted by atomic mass is 35.5. The highest BCUT2D eigenvalue weighted by Gasteiger charge is 2.24. The van der Waals surface area contributed by atoms with Crippen LogP contribution < -0.4 is 5.73 Å². The van der Waals surface area contributed by atoms with E-state index >= 15 is 0 Å². The zero-order valence-electron chi connectivity index (χ0n) is 7.95. The molecule has 1 nitrogen and oxygen atoms in total. The van der Waals surface area contributed by atoms with Crippen LogP contribution in [-0.2, 0) is 0 Å². The molecule has 0 heterocycles. The Morgan fingerprint density at radius 2 is 2.21 bits per heavy atom. The van der Waals surface area contributed by atoms with E-state index in [-0.39, 0.29) is 0 Å². The van der Waals surface area contributed by atoms with Crippen LogP contribution in [0, 0.1) is 0 Å². The molecular formula is C11H14ClNS. The molecule has 76 valence electrons. The van der Waals surface area contributed by atoms with Gasteiger partial charge in [0.25, 0.3) is 0 Å². The van der Waals surface area contributed by atoms with Crippen LogP contribution in [-0.4, -0.2) is 11.3 Å². The molecule has 0 spiro atoms. The summed E-state index contributed by atoms with van der Waals surface area (Å²) in [5.41, 5.74) is 6.01. The highest BCUT2D eigenvalue weighted by Crippen LogP contribution is 2.34. The largest absolute Gasteiger partial charge is 0.327 e. The van der Waals surface area contributed by atoms with Gasteiger partial charge in [-0.1, -0.05) is 24.1 Å². The number of hydrogen-bond acceptors (Lipinski definition) is 2. The van der Waals surface area contributed by atoms with Gasteiger partial charge >= 0.3 is 0 Å². The molecule has 3 heteroatoms. The molecule has 1 aliphatic rings. The first kappa shape index (κ1) is 10.3. The van der Waals surface area contributed by atoms with Crippen molar-refractivity contribution < 1.29 is 0 Å². The summed E-state index contributed by atoms with van der Waals surface area (Å²) in [6.07, 6.45) is 3.66. The van der Waals surface area contributed by atoms with E-state index in [1.807, 2.05) is 30.0 Å². The van der Waals surface area contributed by atoms with Crippen LogP contribution >= 0.6 is 23.4 Å². The van der Waals surface area contributed by atoms with Crippen molar-refractivity contribution in [2.75, 3.05) is 0 Å². The molecule has 0 radical (unpaired) electrons. The van der Waals surface area contributed by atoms with E-state index in [9.17, 15) is 0 Å². The molecule has 1 aromatic rings. The molecule has 1 aliphatic carbocycles. The quantitative estimate of drug-likeness (QED) is 0.839. The maximum Gasteiger partial charge on any atom is 0.0417 e. The lowest BCUT2D eigenvalue weighted by atomic mass is 10.3. The third kappa shape index (κ3) is 2.44. The second-order valence-electron chi connectivity index (χ2n) is 3.71. The van der Waals surface area contributed by atoms with Gasteiger partial charge in [-0.2, -0.15) is 0 Å². The van der Waals surface area contributed by atoms with E-state index in [1.165, 1.54) is 17.7 Å². The van der Waals surface area contributed by atoms with Gasteiger partial charge in [0.15, 0.2) is 0 Å². The molecule has 2 unspecified atom stereocenters. The predicted octanol–water partition coefficient (Wildman–Crippen LogP) is 3.31. The van der Waals surface area contributed by atoms with Crippen LogP contribution in [0.25, 0.3) is 0 Å². The molecule has 0 bridgehead atoms. The summed E-state index contributed by atoms with van der Waals surface area (Å²) in [7, 11) is 0. The van der Waals surface area contributed by atoms with Gasteiger partial charge in [-0.3, -0.25) is 0 Å². The first-order chi connectivity index (χ1) is 6.75. The third-order valence-electron chi connectivity index (χ3n) is 2.59. The number of nitrogens with two attached hydrogens (primary N) is 1. The first-order valence-corrected chi connectivity index (χ1v) is 6.19. The number of rotatable bonds is 2. The van der Waals surface area contributed by atoms with Crippen LogP contribution in [0.15, 0.2) is 29.2 Å². The lowest BCUT2D eigenvalue weighted by molar-refractivity contribution is 0.716. The van der Waals surface area contributed by atoms with Crippen LogP contribution in [0.1, 0.15) is 19.3 Å². The van der Waals surface area contributed by atoms with E-state index in [1.54, 1.807) is 0 Å². The first-order valence-electron chi connectivity index (χ1n) is 4.93.